The average molecular weight is 397 g/mol. The van der Waals surface area contributed by atoms with Crippen LogP contribution in [0.2, 0.25) is 0 Å². The molecule has 0 fully saturated rings. The predicted octanol–water partition coefficient (Wildman–Crippen LogP) is 3.07. The van der Waals surface area contributed by atoms with Crippen molar-refractivity contribution in [2.45, 2.75) is 33.6 Å². The summed E-state index contributed by atoms with van der Waals surface area (Å²) in [5.74, 6) is -0.151. The number of aryl methyl sites for hydroxylation is 1. The third-order valence-electron chi connectivity index (χ3n) is 4.02. The number of hydrogen-bond donors (Lipinski definition) is 3. The van der Waals surface area contributed by atoms with Crippen LogP contribution >= 0.6 is 0 Å². The molecule has 7 heteroatoms. The zero-order valence-corrected chi connectivity index (χ0v) is 17.0. The maximum absolute atomic E-state index is 12.1. The van der Waals surface area contributed by atoms with E-state index >= 15 is 0 Å². The molecule has 3 amide bonds. The first-order valence-electron chi connectivity index (χ1n) is 9.58. The molecule has 2 aromatic rings. The van der Waals surface area contributed by atoms with E-state index in [-0.39, 0.29) is 18.4 Å². The van der Waals surface area contributed by atoms with Gasteiger partial charge in [0.05, 0.1) is 0 Å². The van der Waals surface area contributed by atoms with Gasteiger partial charge in [-0.2, -0.15) is 0 Å². The Morgan fingerprint density at radius 1 is 0.966 bits per heavy atom. The zero-order chi connectivity index (χ0) is 21.2. The quantitative estimate of drug-likeness (QED) is 0.597. The van der Waals surface area contributed by atoms with Crippen LogP contribution in [-0.4, -0.2) is 24.3 Å². The number of benzene rings is 2. The molecule has 0 spiro atoms. The molecule has 0 radical (unpaired) electrons. The monoisotopic (exact) mass is 397 g/mol. The maximum Gasteiger partial charge on any atom is 0.276 e. The number of anilines is 1. The van der Waals surface area contributed by atoms with Crippen LogP contribution in [0.15, 0.2) is 48.5 Å². The second-order valence-corrected chi connectivity index (χ2v) is 7.02. The van der Waals surface area contributed by atoms with Gasteiger partial charge in [-0.15, -0.1) is 0 Å². The molecule has 0 aliphatic heterocycles. The summed E-state index contributed by atoms with van der Waals surface area (Å²) in [6.07, 6.45) is 1.30. The van der Waals surface area contributed by atoms with Gasteiger partial charge in [-0.3, -0.25) is 25.2 Å². The smallest absolute Gasteiger partial charge is 0.276 e. The van der Waals surface area contributed by atoms with Crippen LogP contribution in [0.5, 0.6) is 5.75 Å². The number of carbonyl (C=O) groups excluding carboxylic acids is 3. The van der Waals surface area contributed by atoms with E-state index in [9.17, 15) is 14.4 Å². The van der Waals surface area contributed by atoms with E-state index in [0.717, 1.165) is 12.0 Å². The van der Waals surface area contributed by atoms with Crippen molar-refractivity contribution in [1.29, 1.82) is 0 Å². The summed E-state index contributed by atoms with van der Waals surface area (Å²) in [5.41, 5.74) is 6.72. The van der Waals surface area contributed by atoms with E-state index in [4.69, 9.17) is 4.74 Å². The van der Waals surface area contributed by atoms with Gasteiger partial charge in [0.25, 0.3) is 11.8 Å². The first-order valence-corrected chi connectivity index (χ1v) is 9.58. The number of amides is 3. The second-order valence-electron chi connectivity index (χ2n) is 7.02. The molecule has 0 aliphatic rings. The van der Waals surface area contributed by atoms with Crippen LogP contribution < -0.4 is 20.9 Å². The molecule has 2 rings (SSSR count). The number of hydrazine groups is 1. The fraction of sp³-hybridized carbons (Fsp3) is 0.318. The van der Waals surface area contributed by atoms with E-state index in [1.54, 1.807) is 30.3 Å². The van der Waals surface area contributed by atoms with Crippen LogP contribution in [0.4, 0.5) is 5.69 Å². The van der Waals surface area contributed by atoms with Crippen molar-refractivity contribution in [3.63, 3.8) is 0 Å². The minimum absolute atomic E-state index is 0.0751. The van der Waals surface area contributed by atoms with Gasteiger partial charge >= 0.3 is 0 Å². The first kappa shape index (κ1) is 21.9. The van der Waals surface area contributed by atoms with Crippen molar-refractivity contribution < 1.29 is 19.1 Å². The van der Waals surface area contributed by atoms with Gasteiger partial charge in [-0.05, 0) is 54.3 Å². The third kappa shape index (κ3) is 7.65. The lowest BCUT2D eigenvalue weighted by Gasteiger charge is -2.10. The summed E-state index contributed by atoms with van der Waals surface area (Å²) in [4.78, 5) is 35.8. The highest BCUT2D eigenvalue weighted by atomic mass is 16.5. The maximum atomic E-state index is 12.1. The van der Waals surface area contributed by atoms with Crippen LogP contribution in [0.25, 0.3) is 0 Å². The minimum Gasteiger partial charge on any atom is -0.484 e. The highest BCUT2D eigenvalue weighted by Gasteiger charge is 2.09. The molecular formula is C22H27N3O4. The highest BCUT2D eigenvalue weighted by molar-refractivity contribution is 5.96. The molecule has 0 saturated heterocycles. The Hall–Kier alpha value is -3.35. The molecule has 29 heavy (non-hydrogen) atoms. The average Bonchev–Trinajstić information content (AvgIpc) is 2.70. The summed E-state index contributed by atoms with van der Waals surface area (Å²) in [6, 6.07) is 13.9. The van der Waals surface area contributed by atoms with E-state index in [1.165, 1.54) is 0 Å². The van der Waals surface area contributed by atoms with Crippen molar-refractivity contribution >= 4 is 23.4 Å². The van der Waals surface area contributed by atoms with E-state index in [1.807, 2.05) is 39.0 Å². The van der Waals surface area contributed by atoms with Crippen LogP contribution in [0.3, 0.4) is 0 Å². The highest BCUT2D eigenvalue weighted by Crippen LogP contribution is 2.13. The van der Waals surface area contributed by atoms with E-state index in [2.05, 4.69) is 16.2 Å². The molecule has 2 aromatic carbocycles. The van der Waals surface area contributed by atoms with Gasteiger partial charge in [0.2, 0.25) is 5.91 Å². The van der Waals surface area contributed by atoms with Crippen LogP contribution in [0.1, 0.15) is 43.1 Å². The summed E-state index contributed by atoms with van der Waals surface area (Å²) in [5, 5.41) is 2.77. The Morgan fingerprint density at radius 2 is 1.69 bits per heavy atom. The minimum atomic E-state index is -0.474. The standard InChI is InChI=1S/C22H27N3O4/c1-4-16-6-5-7-19(13-16)29-14-21(27)24-25-22(28)17-8-10-18(11-9-17)23-20(26)12-15(2)3/h5-11,13,15H,4,12,14H2,1-3H3,(H,23,26)(H,24,27)(H,25,28). The number of hydrogen-bond acceptors (Lipinski definition) is 4. The lowest BCUT2D eigenvalue weighted by molar-refractivity contribution is -0.123. The zero-order valence-electron chi connectivity index (χ0n) is 17.0. The van der Waals surface area contributed by atoms with Gasteiger partial charge in [0.15, 0.2) is 6.61 Å². The second kappa shape index (κ2) is 10.8. The van der Waals surface area contributed by atoms with Crippen LogP contribution in [0, 0.1) is 5.92 Å². The number of nitrogens with one attached hydrogen (secondary N) is 3. The van der Waals surface area contributed by atoms with Gasteiger partial charge in [0, 0.05) is 17.7 Å². The summed E-state index contributed by atoms with van der Waals surface area (Å²) in [7, 11) is 0. The normalized spacial score (nSPS) is 10.3. The molecule has 0 atom stereocenters. The van der Waals surface area contributed by atoms with Crippen molar-refractivity contribution in [1.82, 2.24) is 10.9 Å². The Kier molecular flexibility index (Phi) is 8.21. The molecule has 0 bridgehead atoms. The topological polar surface area (TPSA) is 96.5 Å². The molecule has 3 N–H and O–H groups in total. The Bertz CT molecular complexity index is 847. The molecule has 0 aliphatic carbocycles. The summed E-state index contributed by atoms with van der Waals surface area (Å²) in [6.45, 7) is 5.75. The third-order valence-corrected chi connectivity index (χ3v) is 4.02. The Labute approximate surface area is 170 Å². The Morgan fingerprint density at radius 3 is 2.34 bits per heavy atom. The molecule has 154 valence electrons. The van der Waals surface area contributed by atoms with E-state index < -0.39 is 11.8 Å². The lowest BCUT2D eigenvalue weighted by Crippen LogP contribution is -2.43. The SMILES string of the molecule is CCc1cccc(OCC(=O)NNC(=O)c2ccc(NC(=O)CC(C)C)cc2)c1. The first-order chi connectivity index (χ1) is 13.9. The predicted molar refractivity (Wildman–Crippen MR) is 111 cm³/mol. The molecule has 0 saturated carbocycles. The Balaban J connectivity index is 1.77. The number of ether oxygens (including phenoxy) is 1. The van der Waals surface area contributed by atoms with Gasteiger partial charge in [-0.25, -0.2) is 0 Å². The fourth-order valence-corrected chi connectivity index (χ4v) is 2.53. The van der Waals surface area contributed by atoms with Gasteiger partial charge in [-0.1, -0.05) is 32.9 Å². The fourth-order valence-electron chi connectivity index (χ4n) is 2.53. The van der Waals surface area contributed by atoms with Crippen LogP contribution in [-0.2, 0) is 16.0 Å². The molecule has 7 nitrogen and oxygen atoms in total. The van der Waals surface area contributed by atoms with Crippen molar-refractivity contribution in [2.24, 2.45) is 5.92 Å². The van der Waals surface area contributed by atoms with E-state index in [0.29, 0.717) is 23.4 Å². The molecule has 0 heterocycles. The molecule has 0 aromatic heterocycles. The lowest BCUT2D eigenvalue weighted by atomic mass is 10.1. The summed E-state index contributed by atoms with van der Waals surface area (Å²) < 4.78 is 5.42. The molecular weight excluding hydrogens is 370 g/mol. The number of carbonyl (C=O) groups is 3. The van der Waals surface area contributed by atoms with Crippen molar-refractivity contribution in [2.75, 3.05) is 11.9 Å². The van der Waals surface area contributed by atoms with Gasteiger partial charge < -0.3 is 10.1 Å². The van der Waals surface area contributed by atoms with Crippen molar-refractivity contribution in [3.05, 3.63) is 59.7 Å². The molecule has 0 unspecified atom stereocenters. The number of rotatable bonds is 8. The van der Waals surface area contributed by atoms with Gasteiger partial charge in [0.1, 0.15) is 5.75 Å². The largest absolute Gasteiger partial charge is 0.484 e. The van der Waals surface area contributed by atoms with Crippen molar-refractivity contribution in [3.8, 4) is 5.75 Å². The summed E-state index contributed by atoms with van der Waals surface area (Å²) >= 11 is 0.